The van der Waals surface area contributed by atoms with Crippen molar-refractivity contribution in [3.05, 3.63) is 0 Å². The molecule has 5 heteroatoms. The van der Waals surface area contributed by atoms with E-state index in [2.05, 4.69) is 17.9 Å². The molecule has 82 valence electrons. The molecule has 1 amide bonds. The summed E-state index contributed by atoms with van der Waals surface area (Å²) in [5, 5.41) is 2.51. The van der Waals surface area contributed by atoms with Crippen molar-refractivity contribution in [1.82, 2.24) is 5.32 Å². The summed E-state index contributed by atoms with van der Waals surface area (Å²) in [4.78, 5) is 21.8. The first-order chi connectivity index (χ1) is 6.51. The number of thiol groups is 1. The summed E-state index contributed by atoms with van der Waals surface area (Å²) in [6, 6.07) is -1.08. The van der Waals surface area contributed by atoms with Crippen molar-refractivity contribution < 1.29 is 9.59 Å². The molecule has 0 aliphatic heterocycles. The molecule has 0 spiro atoms. The van der Waals surface area contributed by atoms with Crippen LogP contribution < -0.4 is 11.1 Å². The zero-order valence-corrected chi connectivity index (χ0v) is 9.46. The lowest BCUT2D eigenvalue weighted by atomic mass is 10.0. The minimum Gasteiger partial charge on any atom is -0.344 e. The van der Waals surface area contributed by atoms with Crippen molar-refractivity contribution in [3.63, 3.8) is 0 Å². The SMILES string of the molecule is CC(C)C[C@H](N)C(=O)N[C@H](C=O)CS. The number of nitrogens with one attached hydrogen (secondary N) is 1. The third-order valence-corrected chi connectivity index (χ3v) is 2.14. The Hall–Kier alpha value is -0.550. The van der Waals surface area contributed by atoms with Gasteiger partial charge in [-0.25, -0.2) is 0 Å². The van der Waals surface area contributed by atoms with Crippen molar-refractivity contribution in [3.8, 4) is 0 Å². The molecule has 0 aromatic heterocycles. The lowest BCUT2D eigenvalue weighted by Crippen LogP contribution is -2.47. The molecule has 0 unspecified atom stereocenters. The van der Waals surface area contributed by atoms with Gasteiger partial charge in [0.05, 0.1) is 12.1 Å². The van der Waals surface area contributed by atoms with Crippen molar-refractivity contribution in [2.24, 2.45) is 11.7 Å². The molecule has 0 bridgehead atoms. The molecule has 0 aromatic rings. The molecule has 2 atom stereocenters. The molecular weight excluding hydrogens is 200 g/mol. The molecule has 0 fully saturated rings. The minimum atomic E-state index is -0.544. The molecular formula is C9H18N2O2S. The normalized spacial score (nSPS) is 14.9. The van der Waals surface area contributed by atoms with Crippen LogP contribution in [0.25, 0.3) is 0 Å². The maximum atomic E-state index is 11.4. The number of nitrogens with two attached hydrogens (primary N) is 1. The zero-order valence-electron chi connectivity index (χ0n) is 8.56. The summed E-state index contributed by atoms with van der Waals surface area (Å²) in [6.07, 6.45) is 1.27. The van der Waals surface area contributed by atoms with E-state index in [0.717, 1.165) is 0 Å². The van der Waals surface area contributed by atoms with Crippen LogP contribution in [-0.4, -0.2) is 30.0 Å². The fourth-order valence-electron chi connectivity index (χ4n) is 1.03. The average molecular weight is 218 g/mol. The van der Waals surface area contributed by atoms with Crippen molar-refractivity contribution in [2.45, 2.75) is 32.4 Å². The van der Waals surface area contributed by atoms with E-state index in [-0.39, 0.29) is 5.91 Å². The Morgan fingerprint density at radius 3 is 2.50 bits per heavy atom. The summed E-state index contributed by atoms with van der Waals surface area (Å²) in [5.41, 5.74) is 5.62. The minimum absolute atomic E-state index is 0.287. The van der Waals surface area contributed by atoms with E-state index in [4.69, 9.17) is 5.73 Å². The van der Waals surface area contributed by atoms with Crippen LogP contribution in [0.2, 0.25) is 0 Å². The third-order valence-electron chi connectivity index (χ3n) is 1.75. The van der Waals surface area contributed by atoms with Crippen LogP contribution in [0.3, 0.4) is 0 Å². The number of rotatable bonds is 6. The zero-order chi connectivity index (χ0) is 11.1. The first-order valence-corrected chi connectivity index (χ1v) is 5.26. The summed E-state index contributed by atoms with van der Waals surface area (Å²) in [5.74, 6) is 0.371. The molecule has 14 heavy (non-hydrogen) atoms. The van der Waals surface area contributed by atoms with Crippen LogP contribution in [-0.2, 0) is 9.59 Å². The summed E-state index contributed by atoms with van der Waals surface area (Å²) < 4.78 is 0. The maximum absolute atomic E-state index is 11.4. The van der Waals surface area contributed by atoms with Gasteiger partial charge in [-0.3, -0.25) is 4.79 Å². The Kier molecular flexibility index (Phi) is 6.57. The molecule has 0 rings (SSSR count). The summed E-state index contributed by atoms with van der Waals surface area (Å²) >= 11 is 3.92. The van der Waals surface area contributed by atoms with E-state index in [0.29, 0.717) is 24.4 Å². The highest BCUT2D eigenvalue weighted by Crippen LogP contribution is 2.02. The number of aldehydes is 1. The smallest absolute Gasteiger partial charge is 0.237 e. The van der Waals surface area contributed by atoms with Gasteiger partial charge in [-0.05, 0) is 12.3 Å². The molecule has 0 aliphatic carbocycles. The Bertz CT molecular complexity index is 197. The monoisotopic (exact) mass is 218 g/mol. The van der Waals surface area contributed by atoms with Gasteiger partial charge in [0.25, 0.3) is 0 Å². The molecule has 0 heterocycles. The Balaban J connectivity index is 3.99. The van der Waals surface area contributed by atoms with E-state index in [1.807, 2.05) is 13.8 Å². The highest BCUT2D eigenvalue weighted by Gasteiger charge is 2.17. The summed E-state index contributed by atoms with van der Waals surface area (Å²) in [7, 11) is 0. The first kappa shape index (κ1) is 13.4. The molecule has 0 radical (unpaired) electrons. The van der Waals surface area contributed by atoms with E-state index in [1.165, 1.54) is 0 Å². The highest BCUT2D eigenvalue weighted by atomic mass is 32.1. The number of carbonyl (C=O) groups is 2. The lowest BCUT2D eigenvalue weighted by molar-refractivity contribution is -0.125. The van der Waals surface area contributed by atoms with E-state index in [1.54, 1.807) is 0 Å². The second kappa shape index (κ2) is 6.84. The van der Waals surface area contributed by atoms with Gasteiger partial charge < -0.3 is 15.8 Å². The molecule has 0 aliphatic rings. The van der Waals surface area contributed by atoms with Gasteiger partial charge in [0.15, 0.2) is 0 Å². The lowest BCUT2D eigenvalue weighted by Gasteiger charge is -2.16. The predicted octanol–water partition coefficient (Wildman–Crippen LogP) is -0.0267. The van der Waals surface area contributed by atoms with Gasteiger partial charge in [-0.2, -0.15) is 12.6 Å². The molecule has 0 saturated heterocycles. The maximum Gasteiger partial charge on any atom is 0.237 e. The molecule has 0 saturated carbocycles. The van der Waals surface area contributed by atoms with Gasteiger partial charge in [0.2, 0.25) is 5.91 Å². The number of carbonyl (C=O) groups excluding carboxylic acids is 2. The van der Waals surface area contributed by atoms with Crippen LogP contribution in [0.4, 0.5) is 0 Å². The van der Waals surface area contributed by atoms with Gasteiger partial charge in [0.1, 0.15) is 6.29 Å². The van der Waals surface area contributed by atoms with Crippen molar-refractivity contribution in [1.29, 1.82) is 0 Å². The van der Waals surface area contributed by atoms with Gasteiger partial charge >= 0.3 is 0 Å². The average Bonchev–Trinajstić information content (AvgIpc) is 2.12. The van der Waals surface area contributed by atoms with Crippen molar-refractivity contribution in [2.75, 3.05) is 5.75 Å². The Morgan fingerprint density at radius 2 is 2.14 bits per heavy atom. The fourth-order valence-corrected chi connectivity index (χ4v) is 1.20. The van der Waals surface area contributed by atoms with Crippen LogP contribution >= 0.6 is 12.6 Å². The quantitative estimate of drug-likeness (QED) is 0.433. The number of hydrogen-bond acceptors (Lipinski definition) is 4. The predicted molar refractivity (Wildman–Crippen MR) is 59.3 cm³/mol. The summed E-state index contributed by atoms with van der Waals surface area (Å²) in [6.45, 7) is 3.98. The van der Waals surface area contributed by atoms with Crippen LogP contribution in [0.15, 0.2) is 0 Å². The number of amides is 1. The van der Waals surface area contributed by atoms with Gasteiger partial charge in [0, 0.05) is 5.75 Å². The Morgan fingerprint density at radius 1 is 1.57 bits per heavy atom. The van der Waals surface area contributed by atoms with E-state index >= 15 is 0 Å². The number of hydrogen-bond donors (Lipinski definition) is 3. The van der Waals surface area contributed by atoms with E-state index in [9.17, 15) is 9.59 Å². The standard InChI is InChI=1S/C9H18N2O2S/c1-6(2)3-8(10)9(13)11-7(4-12)5-14/h4,6-8,14H,3,5,10H2,1-2H3,(H,11,13)/t7-,8+/m1/s1. The van der Waals surface area contributed by atoms with Crippen LogP contribution in [0.1, 0.15) is 20.3 Å². The first-order valence-electron chi connectivity index (χ1n) is 4.63. The largest absolute Gasteiger partial charge is 0.344 e. The topological polar surface area (TPSA) is 72.2 Å². The molecule has 4 nitrogen and oxygen atoms in total. The third kappa shape index (κ3) is 5.24. The van der Waals surface area contributed by atoms with Gasteiger partial charge in [-0.15, -0.1) is 0 Å². The van der Waals surface area contributed by atoms with Crippen LogP contribution in [0, 0.1) is 5.92 Å². The fraction of sp³-hybridized carbons (Fsp3) is 0.778. The second-order valence-corrected chi connectivity index (χ2v) is 4.03. The van der Waals surface area contributed by atoms with Crippen LogP contribution in [0.5, 0.6) is 0 Å². The Labute approximate surface area is 90.0 Å². The molecule has 3 N–H and O–H groups in total. The van der Waals surface area contributed by atoms with E-state index < -0.39 is 12.1 Å². The van der Waals surface area contributed by atoms with Gasteiger partial charge in [-0.1, -0.05) is 13.8 Å². The van der Waals surface area contributed by atoms with Crippen molar-refractivity contribution >= 4 is 24.8 Å². The highest BCUT2D eigenvalue weighted by molar-refractivity contribution is 7.80. The molecule has 0 aromatic carbocycles. The second-order valence-electron chi connectivity index (χ2n) is 3.67.